The maximum absolute atomic E-state index is 13.8. The molecule has 2 rings (SSSR count). The first-order valence-corrected chi connectivity index (χ1v) is 8.55. The zero-order valence-corrected chi connectivity index (χ0v) is 15.5. The van der Waals surface area contributed by atoms with Crippen LogP contribution in [0.5, 0.6) is 5.75 Å². The van der Waals surface area contributed by atoms with E-state index in [1.54, 1.807) is 19.9 Å². The maximum Gasteiger partial charge on any atom is 0.165 e. The van der Waals surface area contributed by atoms with Crippen LogP contribution in [0.3, 0.4) is 0 Å². The van der Waals surface area contributed by atoms with Crippen molar-refractivity contribution in [3.05, 3.63) is 51.2 Å². The Morgan fingerprint density at radius 3 is 2.54 bits per heavy atom. The first-order chi connectivity index (χ1) is 12.3. The molecule has 1 aromatic rings. The molecular weight excluding hydrogens is 353 g/mol. The van der Waals surface area contributed by atoms with Gasteiger partial charge in [0.2, 0.25) is 0 Å². The van der Waals surface area contributed by atoms with Crippen LogP contribution in [0.25, 0.3) is 0 Å². The van der Waals surface area contributed by atoms with E-state index in [-0.39, 0.29) is 23.2 Å². The SMILES string of the molecule is COc1ccc(CNC(=N)C2=C(C=N)/C(=C(\C)C(C)=N)C(=N)S2)cc1F. The van der Waals surface area contributed by atoms with Crippen molar-refractivity contribution in [1.29, 1.82) is 21.6 Å². The van der Waals surface area contributed by atoms with Crippen molar-refractivity contribution in [2.24, 2.45) is 0 Å². The summed E-state index contributed by atoms with van der Waals surface area (Å²) in [5.74, 6) is -0.262. The summed E-state index contributed by atoms with van der Waals surface area (Å²) in [5, 5.41) is 34.9. The highest BCUT2D eigenvalue weighted by Gasteiger charge is 2.29. The number of amidine groups is 1. The van der Waals surface area contributed by atoms with Crippen LogP contribution in [0.4, 0.5) is 4.39 Å². The van der Waals surface area contributed by atoms with Crippen LogP contribution in [-0.4, -0.2) is 29.9 Å². The molecule has 136 valence electrons. The number of ether oxygens (including phenoxy) is 1. The lowest BCUT2D eigenvalue weighted by Crippen LogP contribution is -2.23. The van der Waals surface area contributed by atoms with Gasteiger partial charge in [0.05, 0.1) is 12.0 Å². The van der Waals surface area contributed by atoms with Crippen molar-refractivity contribution < 1.29 is 9.13 Å². The Morgan fingerprint density at radius 1 is 1.31 bits per heavy atom. The van der Waals surface area contributed by atoms with Crippen molar-refractivity contribution in [1.82, 2.24) is 5.32 Å². The second kappa shape index (κ2) is 8.09. The van der Waals surface area contributed by atoms with Gasteiger partial charge in [-0.2, -0.15) is 0 Å². The predicted molar refractivity (Wildman–Crippen MR) is 105 cm³/mol. The van der Waals surface area contributed by atoms with Gasteiger partial charge >= 0.3 is 0 Å². The maximum atomic E-state index is 13.8. The van der Waals surface area contributed by atoms with Crippen molar-refractivity contribution >= 4 is 34.6 Å². The third kappa shape index (κ3) is 3.91. The molecule has 1 heterocycles. The van der Waals surface area contributed by atoms with Crippen molar-refractivity contribution in [3.8, 4) is 5.75 Å². The predicted octanol–water partition coefficient (Wildman–Crippen LogP) is 3.89. The number of hydrogen-bond donors (Lipinski definition) is 5. The number of rotatable bonds is 6. The van der Waals surface area contributed by atoms with E-state index in [4.69, 9.17) is 26.4 Å². The molecule has 0 unspecified atom stereocenters. The van der Waals surface area contributed by atoms with Gasteiger partial charge in [-0.1, -0.05) is 17.8 Å². The molecule has 5 N–H and O–H groups in total. The summed E-state index contributed by atoms with van der Waals surface area (Å²) in [5.41, 5.74) is 2.53. The largest absolute Gasteiger partial charge is 0.494 e. The van der Waals surface area contributed by atoms with Gasteiger partial charge < -0.3 is 20.9 Å². The topological polar surface area (TPSA) is 117 Å². The molecule has 1 aliphatic rings. The number of hydrogen-bond acceptors (Lipinski definition) is 6. The van der Waals surface area contributed by atoms with E-state index in [9.17, 15) is 4.39 Å². The molecule has 0 saturated carbocycles. The summed E-state index contributed by atoms with van der Waals surface area (Å²) in [6.45, 7) is 3.59. The Kier molecular flexibility index (Phi) is 6.10. The molecule has 0 aromatic heterocycles. The Balaban J connectivity index is 2.23. The van der Waals surface area contributed by atoms with Crippen LogP contribution < -0.4 is 10.1 Å². The van der Waals surface area contributed by atoms with Gasteiger partial charge in [0.1, 0.15) is 10.9 Å². The zero-order chi connectivity index (χ0) is 19.4. The second-order valence-electron chi connectivity index (χ2n) is 5.64. The van der Waals surface area contributed by atoms with Crippen molar-refractivity contribution in [2.45, 2.75) is 20.4 Å². The molecule has 26 heavy (non-hydrogen) atoms. The lowest BCUT2D eigenvalue weighted by molar-refractivity contribution is 0.386. The monoisotopic (exact) mass is 373 g/mol. The summed E-state index contributed by atoms with van der Waals surface area (Å²) in [6.07, 6.45) is 1.11. The zero-order valence-electron chi connectivity index (χ0n) is 14.7. The number of methoxy groups -OCH3 is 1. The Bertz CT molecular complexity index is 872. The molecule has 0 aliphatic carbocycles. The van der Waals surface area contributed by atoms with E-state index in [1.807, 2.05) is 0 Å². The second-order valence-corrected chi connectivity index (χ2v) is 6.66. The van der Waals surface area contributed by atoms with Crippen LogP contribution in [-0.2, 0) is 6.54 Å². The molecule has 0 bridgehead atoms. The highest BCUT2D eigenvalue weighted by atomic mass is 32.2. The molecule has 0 radical (unpaired) electrons. The van der Waals surface area contributed by atoms with Gasteiger partial charge in [-0.25, -0.2) is 4.39 Å². The standard InChI is InChI=1S/C18H20FN5OS/c1-9(10(2)21)15-12(7-20)16(26-18(15)23)17(22)24-8-11-4-5-14(25-3)13(19)6-11/h4-7,20-21,23H,8H2,1-3H3,(H2,22,24)/b15-9-,20-7?,21-10?,23-18?. The Hall–Kier alpha value is -2.74. The fraction of sp³-hybridized carbons (Fsp3) is 0.222. The minimum atomic E-state index is -0.475. The average molecular weight is 373 g/mol. The normalized spacial score (nSPS) is 15.8. The minimum absolute atomic E-state index is 0.0555. The first-order valence-electron chi connectivity index (χ1n) is 7.73. The molecule has 6 nitrogen and oxygen atoms in total. The van der Waals surface area contributed by atoms with Gasteiger partial charge in [0.15, 0.2) is 11.6 Å². The van der Waals surface area contributed by atoms with Gasteiger partial charge in [0.25, 0.3) is 0 Å². The summed E-state index contributed by atoms with van der Waals surface area (Å²) in [4.78, 5) is 0.453. The third-order valence-electron chi connectivity index (χ3n) is 3.94. The number of benzene rings is 1. The molecule has 0 fully saturated rings. The van der Waals surface area contributed by atoms with Crippen LogP contribution >= 0.6 is 11.8 Å². The van der Waals surface area contributed by atoms with Gasteiger partial charge in [-0.05, 0) is 37.1 Å². The molecule has 1 aromatic carbocycles. The summed E-state index contributed by atoms with van der Waals surface area (Å²) >= 11 is 1.08. The van der Waals surface area contributed by atoms with Gasteiger partial charge in [0, 0.05) is 29.6 Å². The number of nitrogens with one attached hydrogen (secondary N) is 5. The molecule has 0 saturated heterocycles. The van der Waals surface area contributed by atoms with Gasteiger partial charge in [-0.15, -0.1) is 0 Å². The van der Waals surface area contributed by atoms with Crippen molar-refractivity contribution in [3.63, 3.8) is 0 Å². The third-order valence-corrected chi connectivity index (χ3v) is 4.98. The van der Waals surface area contributed by atoms with E-state index in [0.29, 0.717) is 32.9 Å². The van der Waals surface area contributed by atoms with Gasteiger partial charge in [-0.3, -0.25) is 10.8 Å². The Morgan fingerprint density at radius 2 is 2.00 bits per heavy atom. The molecule has 0 spiro atoms. The van der Waals surface area contributed by atoms with Crippen LogP contribution in [0, 0.1) is 27.5 Å². The van der Waals surface area contributed by atoms with E-state index in [1.165, 1.54) is 19.2 Å². The first kappa shape index (κ1) is 19.6. The number of halogens is 1. The van der Waals surface area contributed by atoms with Crippen LogP contribution in [0.2, 0.25) is 0 Å². The lowest BCUT2D eigenvalue weighted by Gasteiger charge is -2.10. The molecule has 1 aliphatic heterocycles. The lowest BCUT2D eigenvalue weighted by atomic mass is 9.99. The molecular formula is C18H20FN5OS. The molecule has 0 amide bonds. The Labute approximate surface area is 155 Å². The van der Waals surface area contributed by atoms with Crippen LogP contribution in [0.1, 0.15) is 19.4 Å². The van der Waals surface area contributed by atoms with E-state index in [2.05, 4.69) is 5.32 Å². The number of thioether (sulfide) groups is 1. The highest BCUT2D eigenvalue weighted by molar-refractivity contribution is 8.18. The van der Waals surface area contributed by atoms with Crippen LogP contribution in [0.15, 0.2) is 39.8 Å². The van der Waals surface area contributed by atoms with E-state index >= 15 is 0 Å². The minimum Gasteiger partial charge on any atom is -0.494 e. The van der Waals surface area contributed by atoms with E-state index in [0.717, 1.165) is 18.0 Å². The van der Waals surface area contributed by atoms with E-state index < -0.39 is 5.82 Å². The summed E-state index contributed by atoms with van der Waals surface area (Å²) in [7, 11) is 1.40. The number of allylic oxidation sites excluding steroid dienone is 2. The average Bonchev–Trinajstić information content (AvgIpc) is 2.95. The summed E-state index contributed by atoms with van der Waals surface area (Å²) < 4.78 is 18.6. The fourth-order valence-electron chi connectivity index (χ4n) is 2.42. The fourth-order valence-corrected chi connectivity index (χ4v) is 3.43. The molecule has 0 atom stereocenters. The van der Waals surface area contributed by atoms with Crippen molar-refractivity contribution in [2.75, 3.05) is 7.11 Å². The smallest absolute Gasteiger partial charge is 0.165 e. The quantitative estimate of drug-likeness (QED) is 0.385. The highest BCUT2D eigenvalue weighted by Crippen LogP contribution is 2.38. The molecule has 8 heteroatoms. The summed E-state index contributed by atoms with van der Waals surface area (Å²) in [6, 6.07) is 4.56.